The second-order valence-electron chi connectivity index (χ2n) is 7.54. The third-order valence-corrected chi connectivity index (χ3v) is 6.51. The van der Waals surface area contributed by atoms with E-state index in [-0.39, 0.29) is 6.42 Å². The molecule has 0 aliphatic rings. The molecule has 0 saturated heterocycles. The van der Waals surface area contributed by atoms with Crippen molar-refractivity contribution in [3.8, 4) is 0 Å². The van der Waals surface area contributed by atoms with Gasteiger partial charge in [-0.3, -0.25) is 4.79 Å². The Morgan fingerprint density at radius 2 is 1.48 bits per heavy atom. The molecule has 2 aromatic carbocycles. The zero-order valence-corrected chi connectivity index (χ0v) is 18.2. The van der Waals surface area contributed by atoms with Crippen molar-refractivity contribution >= 4 is 32.5 Å². The highest BCUT2D eigenvalue weighted by Gasteiger charge is 2.17. The highest BCUT2D eigenvalue weighted by Crippen LogP contribution is 2.30. The predicted octanol–water partition coefficient (Wildman–Crippen LogP) is 4.39. The molecule has 160 valence electrons. The Bertz CT molecular complexity index is 910. The van der Waals surface area contributed by atoms with Crippen LogP contribution in [0.4, 0.5) is 5.69 Å². The Morgan fingerprint density at radius 3 is 2.14 bits per heavy atom. The first-order valence-electron chi connectivity index (χ1n) is 10.2. The van der Waals surface area contributed by atoms with Crippen LogP contribution in [0.3, 0.4) is 0 Å². The van der Waals surface area contributed by atoms with E-state index in [0.29, 0.717) is 11.4 Å². The van der Waals surface area contributed by atoms with Crippen LogP contribution < -0.4 is 9.62 Å². The van der Waals surface area contributed by atoms with Gasteiger partial charge in [0.1, 0.15) is 0 Å². The average Bonchev–Trinajstić information content (AvgIpc) is 2.68. The Morgan fingerprint density at radius 1 is 0.897 bits per heavy atom. The second-order valence-corrected chi connectivity index (χ2v) is 9.27. The van der Waals surface area contributed by atoms with Gasteiger partial charge in [-0.05, 0) is 25.0 Å². The maximum Gasteiger partial charge on any atom is 0.303 e. The van der Waals surface area contributed by atoms with Gasteiger partial charge in [0.2, 0.25) is 10.0 Å². The summed E-state index contributed by atoms with van der Waals surface area (Å²) >= 11 is 0. The van der Waals surface area contributed by atoms with E-state index in [9.17, 15) is 13.2 Å². The van der Waals surface area contributed by atoms with Gasteiger partial charge in [0.25, 0.3) is 0 Å². The molecular formula is C22H32N2O4S. The molecule has 0 bridgehead atoms. The summed E-state index contributed by atoms with van der Waals surface area (Å²) in [4.78, 5) is 12.7. The van der Waals surface area contributed by atoms with Gasteiger partial charge in [-0.15, -0.1) is 0 Å². The van der Waals surface area contributed by atoms with Gasteiger partial charge in [-0.1, -0.05) is 56.4 Å². The number of nitrogens with one attached hydrogen (secondary N) is 1. The molecule has 2 aromatic rings. The summed E-state index contributed by atoms with van der Waals surface area (Å²) in [7, 11) is 0.323. The maximum absolute atomic E-state index is 12.8. The predicted molar refractivity (Wildman–Crippen MR) is 118 cm³/mol. The molecular weight excluding hydrogens is 388 g/mol. The number of anilines is 1. The molecule has 7 heteroatoms. The third-order valence-electron chi connectivity index (χ3n) is 4.99. The van der Waals surface area contributed by atoms with Crippen molar-refractivity contribution in [2.45, 2.75) is 56.3 Å². The number of aliphatic carboxylic acids is 1. The lowest BCUT2D eigenvalue weighted by atomic mass is 10.1. The van der Waals surface area contributed by atoms with Crippen LogP contribution in [0.5, 0.6) is 0 Å². The van der Waals surface area contributed by atoms with Crippen LogP contribution in [0.15, 0.2) is 41.3 Å². The highest BCUT2D eigenvalue weighted by atomic mass is 32.2. The van der Waals surface area contributed by atoms with Gasteiger partial charge in [0.05, 0.1) is 4.90 Å². The van der Waals surface area contributed by atoms with Crippen molar-refractivity contribution in [1.29, 1.82) is 0 Å². The molecule has 29 heavy (non-hydrogen) atoms. The van der Waals surface area contributed by atoms with Gasteiger partial charge < -0.3 is 10.0 Å². The largest absolute Gasteiger partial charge is 0.481 e. The number of fused-ring (bicyclic) bond motifs is 1. The number of unbranched alkanes of at least 4 members (excludes halogenated alkanes) is 6. The van der Waals surface area contributed by atoms with Gasteiger partial charge in [-0.25, -0.2) is 13.1 Å². The van der Waals surface area contributed by atoms with E-state index in [4.69, 9.17) is 5.11 Å². The normalized spacial score (nSPS) is 11.7. The van der Waals surface area contributed by atoms with E-state index in [1.165, 1.54) is 0 Å². The number of carbonyl (C=O) groups is 1. The first-order chi connectivity index (χ1) is 13.8. The Balaban J connectivity index is 1.83. The van der Waals surface area contributed by atoms with Crippen LogP contribution in [0.2, 0.25) is 0 Å². The number of carboxylic acid groups (broad SMARTS) is 1. The fourth-order valence-electron chi connectivity index (χ4n) is 3.46. The summed E-state index contributed by atoms with van der Waals surface area (Å²) in [6.07, 6.45) is 6.79. The molecule has 0 radical (unpaired) electrons. The molecule has 0 saturated carbocycles. The Labute approximate surface area is 174 Å². The second kappa shape index (κ2) is 11.2. The van der Waals surface area contributed by atoms with E-state index in [2.05, 4.69) is 4.72 Å². The van der Waals surface area contributed by atoms with E-state index in [1.807, 2.05) is 43.3 Å². The summed E-state index contributed by atoms with van der Waals surface area (Å²) in [5.41, 5.74) is 0.989. The summed E-state index contributed by atoms with van der Waals surface area (Å²) in [5.74, 6) is -0.735. The van der Waals surface area contributed by atoms with Gasteiger partial charge in [0.15, 0.2) is 0 Å². The summed E-state index contributed by atoms with van der Waals surface area (Å²) in [6.45, 7) is 0.422. The van der Waals surface area contributed by atoms with Crippen LogP contribution in [0.1, 0.15) is 51.4 Å². The van der Waals surface area contributed by atoms with Gasteiger partial charge in [0, 0.05) is 43.5 Å². The molecule has 2 N–H and O–H groups in total. The molecule has 2 rings (SSSR count). The van der Waals surface area contributed by atoms with Crippen molar-refractivity contribution < 1.29 is 18.3 Å². The molecule has 0 spiro atoms. The standard InChI is InChI=1S/C22H32N2O4S/c1-24(2)20-14-10-13-19-18(20)12-11-15-21(19)29(27,28)23-17-9-7-5-3-4-6-8-16-22(25)26/h10-15,23H,3-9,16-17H2,1-2H3,(H,25,26). The summed E-state index contributed by atoms with van der Waals surface area (Å²) < 4.78 is 28.4. The Kier molecular flexibility index (Phi) is 8.92. The number of rotatable bonds is 13. The maximum atomic E-state index is 12.8. The summed E-state index contributed by atoms with van der Waals surface area (Å²) in [6, 6.07) is 11.1. The first kappa shape index (κ1) is 23.2. The fraction of sp³-hybridized carbons (Fsp3) is 0.500. The van der Waals surface area contributed by atoms with Crippen molar-refractivity contribution in [2.24, 2.45) is 0 Å². The molecule has 0 atom stereocenters. The van der Waals surface area contributed by atoms with E-state index < -0.39 is 16.0 Å². The zero-order valence-electron chi connectivity index (χ0n) is 17.4. The zero-order chi connectivity index (χ0) is 21.3. The van der Waals surface area contributed by atoms with E-state index in [0.717, 1.165) is 61.4 Å². The lowest BCUT2D eigenvalue weighted by Crippen LogP contribution is -2.25. The first-order valence-corrected chi connectivity index (χ1v) is 11.7. The van der Waals surface area contributed by atoms with Gasteiger partial charge in [-0.2, -0.15) is 0 Å². The quantitative estimate of drug-likeness (QED) is 0.469. The number of hydrogen-bond donors (Lipinski definition) is 2. The van der Waals surface area contributed by atoms with Gasteiger partial charge >= 0.3 is 5.97 Å². The lowest BCUT2D eigenvalue weighted by molar-refractivity contribution is -0.137. The van der Waals surface area contributed by atoms with Crippen molar-refractivity contribution in [1.82, 2.24) is 4.72 Å². The number of benzene rings is 2. The SMILES string of the molecule is CN(C)c1cccc2c(S(=O)(=O)NCCCCCCCCCC(=O)O)cccc12. The molecule has 0 fully saturated rings. The molecule has 0 aliphatic heterocycles. The van der Waals surface area contributed by atoms with Crippen LogP contribution in [0.25, 0.3) is 10.8 Å². The van der Waals surface area contributed by atoms with Crippen molar-refractivity contribution in [2.75, 3.05) is 25.5 Å². The molecule has 0 amide bonds. The molecule has 0 aliphatic carbocycles. The van der Waals surface area contributed by atoms with E-state index >= 15 is 0 Å². The minimum atomic E-state index is -3.57. The monoisotopic (exact) mass is 420 g/mol. The smallest absolute Gasteiger partial charge is 0.303 e. The van der Waals surface area contributed by atoms with Crippen LogP contribution in [-0.2, 0) is 14.8 Å². The van der Waals surface area contributed by atoms with Crippen LogP contribution in [-0.4, -0.2) is 40.1 Å². The number of sulfonamides is 1. The van der Waals surface area contributed by atoms with Crippen molar-refractivity contribution in [3.05, 3.63) is 36.4 Å². The fourth-order valence-corrected chi connectivity index (χ4v) is 4.75. The average molecular weight is 421 g/mol. The number of nitrogens with zero attached hydrogens (tertiary/aromatic N) is 1. The highest BCUT2D eigenvalue weighted by molar-refractivity contribution is 7.89. The number of hydrogen-bond acceptors (Lipinski definition) is 4. The number of carboxylic acids is 1. The molecule has 6 nitrogen and oxygen atoms in total. The Hall–Kier alpha value is -2.12. The molecule has 0 aromatic heterocycles. The van der Waals surface area contributed by atoms with E-state index in [1.54, 1.807) is 12.1 Å². The lowest BCUT2D eigenvalue weighted by Gasteiger charge is -2.17. The molecule has 0 heterocycles. The summed E-state index contributed by atoms with van der Waals surface area (Å²) in [5, 5.41) is 10.2. The van der Waals surface area contributed by atoms with Crippen LogP contribution in [0, 0.1) is 0 Å². The van der Waals surface area contributed by atoms with Crippen LogP contribution >= 0.6 is 0 Å². The minimum Gasteiger partial charge on any atom is -0.481 e. The van der Waals surface area contributed by atoms with Crippen molar-refractivity contribution in [3.63, 3.8) is 0 Å². The topological polar surface area (TPSA) is 86.7 Å². The minimum absolute atomic E-state index is 0.242. The third kappa shape index (κ3) is 7.01. The molecule has 0 unspecified atom stereocenters.